The fourth-order valence-corrected chi connectivity index (χ4v) is 2.68. The molecule has 120 valence electrons. The van der Waals surface area contributed by atoms with Crippen LogP contribution in [0.3, 0.4) is 0 Å². The van der Waals surface area contributed by atoms with Gasteiger partial charge in [0.25, 0.3) is 5.91 Å². The van der Waals surface area contributed by atoms with Crippen molar-refractivity contribution in [3.63, 3.8) is 0 Å². The van der Waals surface area contributed by atoms with Gasteiger partial charge in [0, 0.05) is 5.56 Å². The minimum atomic E-state index is -0.619. The number of rotatable bonds is 3. The molecule has 0 unspecified atom stereocenters. The van der Waals surface area contributed by atoms with E-state index < -0.39 is 5.82 Å². The van der Waals surface area contributed by atoms with Gasteiger partial charge in [-0.25, -0.2) is 4.39 Å². The molecule has 23 heavy (non-hydrogen) atoms. The summed E-state index contributed by atoms with van der Waals surface area (Å²) in [6, 6.07) is 10.00. The maximum Gasteiger partial charge on any atom is 0.265 e. The van der Waals surface area contributed by atoms with Crippen LogP contribution < -0.4 is 14.4 Å². The molecule has 0 saturated heterocycles. The van der Waals surface area contributed by atoms with Gasteiger partial charge in [-0.2, -0.15) is 0 Å². The molecular formula is C17H15ClFNO3. The number of hydrogen-bond acceptors (Lipinski definition) is 3. The Kier molecular flexibility index (Phi) is 4.39. The Hall–Kier alpha value is -2.27. The van der Waals surface area contributed by atoms with Crippen molar-refractivity contribution in [2.45, 2.75) is 13.5 Å². The zero-order valence-electron chi connectivity index (χ0n) is 12.5. The molecule has 0 spiro atoms. The van der Waals surface area contributed by atoms with E-state index in [4.69, 9.17) is 21.1 Å². The lowest BCUT2D eigenvalue weighted by atomic mass is 10.1. The molecule has 1 amide bonds. The molecule has 0 aromatic heterocycles. The molecule has 1 aliphatic heterocycles. The molecule has 0 atom stereocenters. The summed E-state index contributed by atoms with van der Waals surface area (Å²) in [5, 5.41) is -0.0243. The van der Waals surface area contributed by atoms with Gasteiger partial charge in [0.05, 0.1) is 23.9 Å². The number of carbonyl (C=O) groups is 1. The lowest BCUT2D eigenvalue weighted by molar-refractivity contribution is -0.120. The number of hydrogen-bond donors (Lipinski definition) is 0. The quantitative estimate of drug-likeness (QED) is 0.856. The fraction of sp³-hybridized carbons (Fsp3) is 0.235. The van der Waals surface area contributed by atoms with E-state index in [0.29, 0.717) is 18.1 Å². The van der Waals surface area contributed by atoms with Crippen LogP contribution in [0, 0.1) is 5.82 Å². The van der Waals surface area contributed by atoms with Crippen LogP contribution in [-0.4, -0.2) is 19.1 Å². The Morgan fingerprint density at radius 3 is 2.87 bits per heavy atom. The zero-order chi connectivity index (χ0) is 16.4. The number of carbonyl (C=O) groups excluding carboxylic acids is 1. The van der Waals surface area contributed by atoms with Crippen molar-refractivity contribution < 1.29 is 18.7 Å². The van der Waals surface area contributed by atoms with E-state index in [1.807, 2.05) is 19.1 Å². The van der Waals surface area contributed by atoms with Crippen LogP contribution >= 0.6 is 11.6 Å². The maximum atomic E-state index is 14.3. The minimum absolute atomic E-state index is 0.0243. The second-order valence-corrected chi connectivity index (χ2v) is 5.43. The summed E-state index contributed by atoms with van der Waals surface area (Å²) in [6.07, 6.45) is 0. The predicted molar refractivity (Wildman–Crippen MR) is 85.7 cm³/mol. The Morgan fingerprint density at radius 2 is 2.09 bits per heavy atom. The number of anilines is 1. The fourth-order valence-electron chi connectivity index (χ4n) is 2.51. The smallest absolute Gasteiger partial charge is 0.265 e. The number of halogens is 2. The van der Waals surface area contributed by atoms with Gasteiger partial charge in [0.2, 0.25) is 0 Å². The minimum Gasteiger partial charge on any atom is -0.490 e. The molecule has 3 rings (SSSR count). The number of benzene rings is 2. The van der Waals surface area contributed by atoms with Gasteiger partial charge in [0.1, 0.15) is 0 Å². The standard InChI is InChI=1S/C17H15ClFNO3/c1-2-22-14-8-3-5-11-9-20(15(21)10-23-17(11)14)13-7-4-6-12(18)16(13)19/h3-8H,2,9-10H2,1H3. The first-order chi connectivity index (χ1) is 11.1. The summed E-state index contributed by atoms with van der Waals surface area (Å²) >= 11 is 5.82. The van der Waals surface area contributed by atoms with E-state index in [2.05, 4.69) is 0 Å². The number of ether oxygens (including phenoxy) is 2. The van der Waals surface area contributed by atoms with Gasteiger partial charge in [-0.1, -0.05) is 29.8 Å². The van der Waals surface area contributed by atoms with Crippen LogP contribution in [0.15, 0.2) is 36.4 Å². The highest BCUT2D eigenvalue weighted by molar-refractivity contribution is 6.31. The van der Waals surface area contributed by atoms with Gasteiger partial charge in [-0.05, 0) is 25.1 Å². The second-order valence-electron chi connectivity index (χ2n) is 5.02. The van der Waals surface area contributed by atoms with E-state index in [-0.39, 0.29) is 29.8 Å². The highest BCUT2D eigenvalue weighted by Crippen LogP contribution is 2.36. The van der Waals surface area contributed by atoms with Gasteiger partial charge < -0.3 is 14.4 Å². The molecule has 0 radical (unpaired) electrons. The summed E-state index contributed by atoms with van der Waals surface area (Å²) in [5.41, 5.74) is 0.891. The number of fused-ring (bicyclic) bond motifs is 1. The molecule has 4 nitrogen and oxygen atoms in total. The van der Waals surface area contributed by atoms with E-state index in [0.717, 1.165) is 5.56 Å². The monoisotopic (exact) mass is 335 g/mol. The van der Waals surface area contributed by atoms with E-state index in [1.165, 1.54) is 17.0 Å². The van der Waals surface area contributed by atoms with Crippen molar-refractivity contribution in [3.05, 3.63) is 52.8 Å². The highest BCUT2D eigenvalue weighted by atomic mass is 35.5. The Labute approximate surface area is 138 Å². The van der Waals surface area contributed by atoms with E-state index >= 15 is 0 Å². The summed E-state index contributed by atoms with van der Waals surface area (Å²) < 4.78 is 25.4. The molecule has 0 aliphatic carbocycles. The lowest BCUT2D eigenvalue weighted by Crippen LogP contribution is -2.33. The van der Waals surface area contributed by atoms with Crippen molar-refractivity contribution in [1.82, 2.24) is 0 Å². The summed E-state index contributed by atoms with van der Waals surface area (Å²) in [5.74, 6) is 0.135. The molecular weight excluding hydrogens is 321 g/mol. The van der Waals surface area contributed by atoms with Crippen LogP contribution in [0.5, 0.6) is 11.5 Å². The van der Waals surface area contributed by atoms with Crippen LogP contribution in [0.2, 0.25) is 5.02 Å². The topological polar surface area (TPSA) is 38.8 Å². The molecule has 6 heteroatoms. The number of para-hydroxylation sites is 1. The highest BCUT2D eigenvalue weighted by Gasteiger charge is 2.27. The third kappa shape index (κ3) is 2.97. The van der Waals surface area contributed by atoms with Gasteiger partial charge in [0.15, 0.2) is 23.9 Å². The molecule has 0 saturated carbocycles. The van der Waals surface area contributed by atoms with Crippen molar-refractivity contribution in [2.75, 3.05) is 18.1 Å². The SMILES string of the molecule is CCOc1cccc2c1OCC(=O)N(c1cccc(Cl)c1F)C2. The van der Waals surface area contributed by atoms with E-state index in [1.54, 1.807) is 12.1 Å². The van der Waals surface area contributed by atoms with Crippen molar-refractivity contribution in [2.24, 2.45) is 0 Å². The van der Waals surface area contributed by atoms with Crippen molar-refractivity contribution in [1.29, 1.82) is 0 Å². The first-order valence-corrected chi connectivity index (χ1v) is 7.61. The molecule has 2 aromatic rings. The lowest BCUT2D eigenvalue weighted by Gasteiger charge is -2.21. The Morgan fingerprint density at radius 1 is 1.30 bits per heavy atom. The van der Waals surface area contributed by atoms with Gasteiger partial charge >= 0.3 is 0 Å². The first-order valence-electron chi connectivity index (χ1n) is 7.23. The third-order valence-electron chi connectivity index (χ3n) is 3.55. The van der Waals surface area contributed by atoms with Gasteiger partial charge in [-0.15, -0.1) is 0 Å². The number of nitrogens with zero attached hydrogens (tertiary/aromatic N) is 1. The number of amides is 1. The molecule has 0 N–H and O–H groups in total. The Balaban J connectivity index is 2.02. The summed E-state index contributed by atoms with van der Waals surface area (Å²) in [6.45, 7) is 2.35. The molecule has 1 aliphatic rings. The van der Waals surface area contributed by atoms with Crippen LogP contribution in [-0.2, 0) is 11.3 Å². The van der Waals surface area contributed by atoms with Crippen molar-refractivity contribution >= 4 is 23.2 Å². The first kappa shape index (κ1) is 15.6. The normalized spacial score (nSPS) is 14.0. The zero-order valence-corrected chi connectivity index (χ0v) is 13.3. The van der Waals surface area contributed by atoms with Crippen LogP contribution in [0.25, 0.3) is 0 Å². The Bertz CT molecular complexity index is 751. The molecule has 2 aromatic carbocycles. The van der Waals surface area contributed by atoms with E-state index in [9.17, 15) is 9.18 Å². The maximum absolute atomic E-state index is 14.3. The average Bonchev–Trinajstić information content (AvgIpc) is 2.71. The molecule has 0 fully saturated rings. The molecule has 0 bridgehead atoms. The third-order valence-corrected chi connectivity index (χ3v) is 3.84. The summed E-state index contributed by atoms with van der Waals surface area (Å²) in [7, 11) is 0. The second kappa shape index (κ2) is 6.46. The predicted octanol–water partition coefficient (Wildman–Crippen LogP) is 3.80. The largest absolute Gasteiger partial charge is 0.490 e. The summed E-state index contributed by atoms with van der Waals surface area (Å²) in [4.78, 5) is 13.7. The van der Waals surface area contributed by atoms with Gasteiger partial charge in [-0.3, -0.25) is 4.79 Å². The average molecular weight is 336 g/mol. The molecule has 1 heterocycles. The van der Waals surface area contributed by atoms with Crippen molar-refractivity contribution in [3.8, 4) is 11.5 Å². The van der Waals surface area contributed by atoms with Crippen LogP contribution in [0.4, 0.5) is 10.1 Å². The van der Waals surface area contributed by atoms with Crippen LogP contribution in [0.1, 0.15) is 12.5 Å².